The first-order valence-corrected chi connectivity index (χ1v) is 9.22. The molecule has 0 atom stereocenters. The summed E-state index contributed by atoms with van der Waals surface area (Å²) in [6.07, 6.45) is 0.107. The molecule has 1 heterocycles. The fourth-order valence-electron chi connectivity index (χ4n) is 2.01. The first-order valence-electron chi connectivity index (χ1n) is 6.54. The van der Waals surface area contributed by atoms with Crippen LogP contribution < -0.4 is 4.72 Å². The molecule has 0 unspecified atom stereocenters. The number of hydrogen-bond acceptors (Lipinski definition) is 4. The zero-order chi connectivity index (χ0) is 16.5. The molecule has 2 N–H and O–H groups in total. The Balaban J connectivity index is 2.26. The Morgan fingerprint density at radius 2 is 2.05 bits per heavy atom. The van der Waals surface area contributed by atoms with Crippen molar-refractivity contribution >= 4 is 49.0 Å². The van der Waals surface area contributed by atoms with Gasteiger partial charge in [-0.3, -0.25) is 4.79 Å². The number of benzene rings is 1. The van der Waals surface area contributed by atoms with Crippen LogP contribution in [0.5, 0.6) is 0 Å². The van der Waals surface area contributed by atoms with E-state index in [9.17, 15) is 13.2 Å². The highest BCUT2D eigenvalue weighted by atomic mass is 35.5. The molecule has 5 nitrogen and oxygen atoms in total. The molecule has 2 aromatic rings. The Bertz CT molecular complexity index is 811. The van der Waals surface area contributed by atoms with Gasteiger partial charge in [-0.2, -0.15) is 0 Å². The smallest absolute Gasteiger partial charge is 0.303 e. The molecule has 0 saturated heterocycles. The van der Waals surface area contributed by atoms with Crippen LogP contribution in [0.1, 0.15) is 26.7 Å². The summed E-state index contributed by atoms with van der Waals surface area (Å²) in [6.45, 7) is 3.33. The van der Waals surface area contributed by atoms with E-state index >= 15 is 0 Å². The number of hydrogen-bond donors (Lipinski definition) is 2. The van der Waals surface area contributed by atoms with E-state index in [1.807, 2.05) is 0 Å². The summed E-state index contributed by atoms with van der Waals surface area (Å²) in [4.78, 5) is 10.6. The van der Waals surface area contributed by atoms with E-state index < -0.39 is 21.5 Å². The number of thiophene rings is 1. The monoisotopic (exact) mass is 361 g/mol. The number of carbonyl (C=O) groups is 1. The summed E-state index contributed by atoms with van der Waals surface area (Å²) in [6, 6.07) is 6.77. The molecular formula is C14H16ClNO4S2. The van der Waals surface area contributed by atoms with Crippen LogP contribution in [-0.2, 0) is 14.8 Å². The van der Waals surface area contributed by atoms with Crippen LogP contribution in [-0.4, -0.2) is 25.0 Å². The Labute approximate surface area is 138 Å². The van der Waals surface area contributed by atoms with Gasteiger partial charge in [0.2, 0.25) is 0 Å². The van der Waals surface area contributed by atoms with Crippen molar-refractivity contribution < 1.29 is 18.3 Å². The quantitative estimate of drug-likeness (QED) is 0.825. The minimum absolute atomic E-state index is 0.0997. The minimum atomic E-state index is -3.71. The SMILES string of the molecule is CC(C)(CCC(=O)O)NS(=O)(=O)c1cc2cc(Cl)ccc2s1. The lowest BCUT2D eigenvalue weighted by atomic mass is 10.0. The van der Waals surface area contributed by atoms with Crippen molar-refractivity contribution in [3.63, 3.8) is 0 Å². The van der Waals surface area contributed by atoms with E-state index in [0.29, 0.717) is 5.02 Å². The lowest BCUT2D eigenvalue weighted by Crippen LogP contribution is -2.43. The second-order valence-electron chi connectivity index (χ2n) is 5.63. The molecule has 0 fully saturated rings. The van der Waals surface area contributed by atoms with Crippen molar-refractivity contribution in [1.29, 1.82) is 0 Å². The standard InChI is InChI=1S/C14H16ClNO4S2/c1-14(2,6-5-12(17)18)16-22(19,20)13-8-9-7-10(15)3-4-11(9)21-13/h3-4,7-8,16H,5-6H2,1-2H3,(H,17,18). The Morgan fingerprint density at radius 1 is 1.36 bits per heavy atom. The molecule has 0 aliphatic rings. The van der Waals surface area contributed by atoms with Crippen LogP contribution in [0.25, 0.3) is 10.1 Å². The zero-order valence-electron chi connectivity index (χ0n) is 12.1. The number of sulfonamides is 1. The van der Waals surface area contributed by atoms with Crippen molar-refractivity contribution in [2.24, 2.45) is 0 Å². The fourth-order valence-corrected chi connectivity index (χ4v) is 5.01. The number of carboxylic acids is 1. The second kappa shape index (κ2) is 6.16. The normalized spacial score (nSPS) is 12.7. The maximum Gasteiger partial charge on any atom is 0.303 e. The Hall–Kier alpha value is -1.15. The Kier molecular flexibility index (Phi) is 4.81. The van der Waals surface area contributed by atoms with Gasteiger partial charge in [0.15, 0.2) is 0 Å². The summed E-state index contributed by atoms with van der Waals surface area (Å²) in [5.41, 5.74) is -0.842. The Morgan fingerprint density at radius 3 is 2.68 bits per heavy atom. The van der Waals surface area contributed by atoms with Crippen molar-refractivity contribution in [2.45, 2.75) is 36.4 Å². The van der Waals surface area contributed by atoms with Gasteiger partial charge >= 0.3 is 5.97 Å². The third-order valence-electron chi connectivity index (χ3n) is 3.10. The predicted molar refractivity (Wildman–Crippen MR) is 88.1 cm³/mol. The molecule has 0 aliphatic heterocycles. The van der Waals surface area contributed by atoms with Gasteiger partial charge in [0.25, 0.3) is 10.0 Å². The molecule has 0 aliphatic carbocycles. The first kappa shape index (κ1) is 17.2. The summed E-state index contributed by atoms with van der Waals surface area (Å²) < 4.78 is 28.5. The van der Waals surface area contributed by atoms with E-state index in [-0.39, 0.29) is 17.1 Å². The third kappa shape index (κ3) is 4.19. The summed E-state index contributed by atoms with van der Waals surface area (Å²) in [5.74, 6) is -0.955. The molecule has 1 aromatic heterocycles. The third-order valence-corrected chi connectivity index (χ3v) is 6.62. The molecule has 120 valence electrons. The van der Waals surface area contributed by atoms with Gasteiger partial charge in [0.05, 0.1) is 0 Å². The molecular weight excluding hydrogens is 346 g/mol. The highest BCUT2D eigenvalue weighted by Crippen LogP contribution is 2.31. The van der Waals surface area contributed by atoms with E-state index in [4.69, 9.17) is 16.7 Å². The summed E-state index contributed by atoms with van der Waals surface area (Å²) >= 11 is 7.06. The molecule has 0 spiro atoms. The predicted octanol–water partition coefficient (Wildman–Crippen LogP) is 3.48. The molecule has 22 heavy (non-hydrogen) atoms. The van der Waals surface area contributed by atoms with Crippen molar-refractivity contribution in [3.05, 3.63) is 29.3 Å². The highest BCUT2D eigenvalue weighted by molar-refractivity contribution is 7.91. The number of halogens is 1. The summed E-state index contributed by atoms with van der Waals surface area (Å²) in [5, 5.41) is 10.0. The van der Waals surface area contributed by atoms with Crippen LogP contribution in [0.4, 0.5) is 0 Å². The van der Waals surface area contributed by atoms with Crippen LogP contribution in [0.2, 0.25) is 5.02 Å². The highest BCUT2D eigenvalue weighted by Gasteiger charge is 2.28. The largest absolute Gasteiger partial charge is 0.481 e. The van der Waals surface area contributed by atoms with E-state index in [1.54, 1.807) is 38.1 Å². The van der Waals surface area contributed by atoms with Gasteiger partial charge in [0.1, 0.15) is 4.21 Å². The topological polar surface area (TPSA) is 83.5 Å². The molecule has 0 saturated carbocycles. The lowest BCUT2D eigenvalue weighted by Gasteiger charge is -2.24. The van der Waals surface area contributed by atoms with Gasteiger partial charge in [-0.25, -0.2) is 13.1 Å². The van der Waals surface area contributed by atoms with E-state index in [1.165, 1.54) is 0 Å². The van der Waals surface area contributed by atoms with Crippen LogP contribution >= 0.6 is 22.9 Å². The van der Waals surface area contributed by atoms with E-state index in [0.717, 1.165) is 21.4 Å². The van der Waals surface area contributed by atoms with Gasteiger partial charge in [-0.1, -0.05) is 11.6 Å². The van der Waals surface area contributed by atoms with Crippen molar-refractivity contribution in [3.8, 4) is 0 Å². The van der Waals surface area contributed by atoms with Crippen molar-refractivity contribution in [1.82, 2.24) is 4.72 Å². The number of nitrogens with one attached hydrogen (secondary N) is 1. The number of carboxylic acid groups (broad SMARTS) is 1. The second-order valence-corrected chi connectivity index (χ2v) is 9.06. The van der Waals surface area contributed by atoms with Crippen LogP contribution in [0.15, 0.2) is 28.5 Å². The fraction of sp³-hybridized carbons (Fsp3) is 0.357. The maximum atomic E-state index is 12.5. The van der Waals surface area contributed by atoms with E-state index in [2.05, 4.69) is 4.72 Å². The molecule has 2 rings (SSSR count). The maximum absolute atomic E-state index is 12.5. The molecule has 0 amide bonds. The molecule has 8 heteroatoms. The van der Waals surface area contributed by atoms with Gasteiger partial charge in [0, 0.05) is 21.7 Å². The number of rotatable bonds is 6. The zero-order valence-corrected chi connectivity index (χ0v) is 14.5. The molecule has 0 bridgehead atoms. The van der Waals surface area contributed by atoms with Crippen LogP contribution in [0, 0.1) is 0 Å². The number of fused-ring (bicyclic) bond motifs is 1. The molecule has 1 aromatic carbocycles. The lowest BCUT2D eigenvalue weighted by molar-refractivity contribution is -0.137. The molecule has 0 radical (unpaired) electrons. The van der Waals surface area contributed by atoms with Crippen LogP contribution in [0.3, 0.4) is 0 Å². The first-order chi connectivity index (χ1) is 10.1. The van der Waals surface area contributed by atoms with Crippen molar-refractivity contribution in [2.75, 3.05) is 0 Å². The summed E-state index contributed by atoms with van der Waals surface area (Å²) in [7, 11) is -3.71. The average Bonchev–Trinajstić information content (AvgIpc) is 2.79. The van der Waals surface area contributed by atoms with Gasteiger partial charge in [-0.15, -0.1) is 11.3 Å². The van der Waals surface area contributed by atoms with Gasteiger partial charge < -0.3 is 5.11 Å². The average molecular weight is 362 g/mol. The number of aliphatic carboxylic acids is 1. The minimum Gasteiger partial charge on any atom is -0.481 e. The van der Waals surface area contributed by atoms with Gasteiger partial charge in [-0.05, 0) is 49.9 Å².